The normalized spacial score (nSPS) is 10.4. The summed E-state index contributed by atoms with van der Waals surface area (Å²) in [7, 11) is 0. The van der Waals surface area contributed by atoms with E-state index in [2.05, 4.69) is 29.0 Å². The standard InChI is InChI=1S/C15H11N3/c1-10-3-2-4-13-14(9-18-15(10)13)11-5-6-12(7-16)17-8-11/h2-6,8-9,18H,1H3. The van der Waals surface area contributed by atoms with Crippen molar-refractivity contribution >= 4 is 10.9 Å². The van der Waals surface area contributed by atoms with Gasteiger partial charge in [0.15, 0.2) is 0 Å². The SMILES string of the molecule is Cc1cccc2c(-c3ccc(C#N)nc3)c[nH]c12. The van der Waals surface area contributed by atoms with Crippen LogP contribution in [0.25, 0.3) is 22.0 Å². The number of aromatic nitrogens is 2. The number of benzene rings is 1. The molecule has 0 amide bonds. The highest BCUT2D eigenvalue weighted by atomic mass is 14.7. The highest BCUT2D eigenvalue weighted by molar-refractivity contribution is 5.96. The number of hydrogen-bond donors (Lipinski definition) is 1. The zero-order valence-electron chi connectivity index (χ0n) is 9.94. The Kier molecular flexibility index (Phi) is 2.35. The highest BCUT2D eigenvalue weighted by Gasteiger charge is 2.07. The summed E-state index contributed by atoms with van der Waals surface area (Å²) in [4.78, 5) is 7.40. The molecule has 0 fully saturated rings. The van der Waals surface area contributed by atoms with Gasteiger partial charge in [-0.25, -0.2) is 4.98 Å². The summed E-state index contributed by atoms with van der Waals surface area (Å²) in [6.45, 7) is 2.08. The zero-order valence-corrected chi connectivity index (χ0v) is 9.94. The van der Waals surface area contributed by atoms with E-state index in [1.165, 1.54) is 10.9 Å². The van der Waals surface area contributed by atoms with Crippen LogP contribution in [0, 0.1) is 18.3 Å². The van der Waals surface area contributed by atoms with Gasteiger partial charge in [0.1, 0.15) is 11.8 Å². The Bertz CT molecular complexity index is 745. The van der Waals surface area contributed by atoms with Crippen LogP contribution in [0.3, 0.4) is 0 Å². The Hall–Kier alpha value is -2.60. The molecule has 1 aromatic carbocycles. The van der Waals surface area contributed by atoms with Crippen LogP contribution in [0.4, 0.5) is 0 Å². The summed E-state index contributed by atoms with van der Waals surface area (Å²) >= 11 is 0. The lowest BCUT2D eigenvalue weighted by Crippen LogP contribution is -1.83. The number of pyridine rings is 1. The van der Waals surface area contributed by atoms with Crippen LogP contribution in [0.1, 0.15) is 11.3 Å². The number of fused-ring (bicyclic) bond motifs is 1. The summed E-state index contributed by atoms with van der Waals surface area (Å²) in [6.07, 6.45) is 3.73. The first-order valence-electron chi connectivity index (χ1n) is 5.73. The van der Waals surface area contributed by atoms with E-state index in [9.17, 15) is 0 Å². The maximum absolute atomic E-state index is 8.75. The van der Waals surface area contributed by atoms with E-state index in [0.717, 1.165) is 16.6 Å². The molecule has 3 rings (SSSR count). The van der Waals surface area contributed by atoms with Gasteiger partial charge in [0.05, 0.1) is 0 Å². The maximum Gasteiger partial charge on any atom is 0.140 e. The average Bonchev–Trinajstić information content (AvgIpc) is 2.84. The maximum atomic E-state index is 8.75. The molecule has 3 nitrogen and oxygen atoms in total. The number of rotatable bonds is 1. The van der Waals surface area contributed by atoms with Crippen molar-refractivity contribution in [3.8, 4) is 17.2 Å². The van der Waals surface area contributed by atoms with Crippen LogP contribution in [-0.2, 0) is 0 Å². The summed E-state index contributed by atoms with van der Waals surface area (Å²) in [5.41, 5.74) is 4.95. The van der Waals surface area contributed by atoms with Crippen molar-refractivity contribution in [1.29, 1.82) is 5.26 Å². The third-order valence-corrected chi connectivity index (χ3v) is 3.11. The second-order valence-corrected chi connectivity index (χ2v) is 4.24. The Labute approximate surface area is 105 Å². The monoisotopic (exact) mass is 233 g/mol. The number of para-hydroxylation sites is 1. The van der Waals surface area contributed by atoms with Crippen LogP contribution >= 0.6 is 0 Å². The van der Waals surface area contributed by atoms with Gasteiger partial charge >= 0.3 is 0 Å². The molecule has 0 saturated heterocycles. The molecule has 3 heteroatoms. The fraction of sp³-hybridized carbons (Fsp3) is 0.0667. The smallest absolute Gasteiger partial charge is 0.140 e. The van der Waals surface area contributed by atoms with Crippen molar-refractivity contribution in [3.05, 3.63) is 54.0 Å². The lowest BCUT2D eigenvalue weighted by atomic mass is 10.0. The van der Waals surface area contributed by atoms with Crippen LogP contribution in [0.5, 0.6) is 0 Å². The van der Waals surface area contributed by atoms with Gasteiger partial charge in [0.25, 0.3) is 0 Å². The van der Waals surface area contributed by atoms with Crippen molar-refractivity contribution in [3.63, 3.8) is 0 Å². The first-order chi connectivity index (χ1) is 8.79. The van der Waals surface area contributed by atoms with E-state index in [-0.39, 0.29) is 0 Å². The fourth-order valence-electron chi connectivity index (χ4n) is 2.16. The molecule has 0 aliphatic heterocycles. The topological polar surface area (TPSA) is 52.5 Å². The Morgan fingerprint density at radius 1 is 1.22 bits per heavy atom. The van der Waals surface area contributed by atoms with Gasteiger partial charge in [0.2, 0.25) is 0 Å². The van der Waals surface area contributed by atoms with Crippen molar-refractivity contribution in [2.75, 3.05) is 0 Å². The Morgan fingerprint density at radius 3 is 2.83 bits per heavy atom. The van der Waals surface area contributed by atoms with E-state index in [4.69, 9.17) is 5.26 Å². The third-order valence-electron chi connectivity index (χ3n) is 3.11. The number of nitrogens with one attached hydrogen (secondary N) is 1. The molecule has 0 aliphatic rings. The molecular formula is C15H11N3. The van der Waals surface area contributed by atoms with Gasteiger partial charge in [0, 0.05) is 34.4 Å². The van der Waals surface area contributed by atoms with Gasteiger partial charge < -0.3 is 4.98 Å². The predicted molar refractivity (Wildman–Crippen MR) is 71.0 cm³/mol. The van der Waals surface area contributed by atoms with Gasteiger partial charge in [-0.05, 0) is 24.6 Å². The predicted octanol–water partition coefficient (Wildman–Crippen LogP) is 3.41. The van der Waals surface area contributed by atoms with Crippen LogP contribution in [0.15, 0.2) is 42.7 Å². The van der Waals surface area contributed by atoms with Gasteiger partial charge in [-0.15, -0.1) is 0 Å². The van der Waals surface area contributed by atoms with E-state index in [1.807, 2.05) is 24.4 Å². The molecule has 0 atom stereocenters. The third kappa shape index (κ3) is 1.56. The molecule has 1 N–H and O–H groups in total. The zero-order chi connectivity index (χ0) is 12.5. The fourth-order valence-corrected chi connectivity index (χ4v) is 2.16. The number of nitriles is 1. The second-order valence-electron chi connectivity index (χ2n) is 4.24. The molecule has 2 aromatic heterocycles. The Morgan fingerprint density at radius 2 is 2.11 bits per heavy atom. The Balaban J connectivity index is 2.20. The van der Waals surface area contributed by atoms with Crippen molar-refractivity contribution in [2.45, 2.75) is 6.92 Å². The molecule has 18 heavy (non-hydrogen) atoms. The average molecular weight is 233 g/mol. The van der Waals surface area contributed by atoms with Crippen LogP contribution in [0.2, 0.25) is 0 Å². The summed E-state index contributed by atoms with van der Waals surface area (Å²) in [5.74, 6) is 0. The molecule has 0 unspecified atom stereocenters. The van der Waals surface area contributed by atoms with Gasteiger partial charge in [-0.1, -0.05) is 18.2 Å². The molecule has 3 aromatic rings. The number of hydrogen-bond acceptors (Lipinski definition) is 2. The quantitative estimate of drug-likeness (QED) is 0.700. The molecule has 0 spiro atoms. The molecule has 0 aliphatic carbocycles. The molecule has 86 valence electrons. The molecule has 0 saturated carbocycles. The molecular weight excluding hydrogens is 222 g/mol. The van der Waals surface area contributed by atoms with E-state index < -0.39 is 0 Å². The largest absolute Gasteiger partial charge is 0.360 e. The minimum Gasteiger partial charge on any atom is -0.360 e. The van der Waals surface area contributed by atoms with Crippen molar-refractivity contribution in [1.82, 2.24) is 9.97 Å². The summed E-state index contributed by atoms with van der Waals surface area (Å²) in [5, 5.41) is 9.93. The number of aryl methyl sites for hydroxylation is 1. The summed E-state index contributed by atoms with van der Waals surface area (Å²) < 4.78 is 0. The first-order valence-corrected chi connectivity index (χ1v) is 5.73. The van der Waals surface area contributed by atoms with E-state index in [1.54, 1.807) is 12.3 Å². The summed E-state index contributed by atoms with van der Waals surface area (Å²) in [6, 6.07) is 11.9. The number of nitrogens with zero attached hydrogens (tertiary/aromatic N) is 2. The lowest BCUT2D eigenvalue weighted by molar-refractivity contribution is 1.27. The minimum atomic E-state index is 0.440. The van der Waals surface area contributed by atoms with Crippen molar-refractivity contribution < 1.29 is 0 Å². The molecule has 0 radical (unpaired) electrons. The first kappa shape index (κ1) is 10.5. The highest BCUT2D eigenvalue weighted by Crippen LogP contribution is 2.29. The van der Waals surface area contributed by atoms with Gasteiger partial charge in [-0.2, -0.15) is 5.26 Å². The molecule has 2 heterocycles. The second kappa shape index (κ2) is 4.01. The van der Waals surface area contributed by atoms with E-state index >= 15 is 0 Å². The minimum absolute atomic E-state index is 0.440. The van der Waals surface area contributed by atoms with Crippen LogP contribution < -0.4 is 0 Å². The number of H-pyrrole nitrogens is 1. The number of aromatic amines is 1. The lowest BCUT2D eigenvalue weighted by Gasteiger charge is -2.00. The van der Waals surface area contributed by atoms with E-state index in [0.29, 0.717) is 5.69 Å². The van der Waals surface area contributed by atoms with Gasteiger partial charge in [-0.3, -0.25) is 0 Å². The van der Waals surface area contributed by atoms with Crippen LogP contribution in [-0.4, -0.2) is 9.97 Å². The van der Waals surface area contributed by atoms with Crippen molar-refractivity contribution in [2.24, 2.45) is 0 Å². The molecule has 0 bridgehead atoms.